The number of hydrogen-bond donors (Lipinski definition) is 1. The molecule has 4 aromatic carbocycles. The number of carbonyl (C=O) groups excluding carboxylic acids is 4. The van der Waals surface area contributed by atoms with Crippen molar-refractivity contribution in [2.24, 2.45) is 0 Å². The first-order valence-electron chi connectivity index (χ1n) is 20.1. The molecule has 2 aliphatic heterocycles. The Morgan fingerprint density at radius 2 is 0.828 bits per heavy atom. The van der Waals surface area contributed by atoms with Crippen LogP contribution in [0.25, 0.3) is 85.4 Å². The molecule has 12 heteroatoms. The van der Waals surface area contributed by atoms with Gasteiger partial charge in [-0.3, -0.25) is 0 Å². The van der Waals surface area contributed by atoms with Crippen LogP contribution in [0.1, 0.15) is 64.2 Å². The summed E-state index contributed by atoms with van der Waals surface area (Å²) in [6.07, 6.45) is 7.76. The predicted octanol–water partition coefficient (Wildman–Crippen LogP) is 10.3. The lowest BCUT2D eigenvalue weighted by Crippen LogP contribution is -2.03. The van der Waals surface area contributed by atoms with Crippen LogP contribution in [0.4, 0.5) is 0 Å². The molecule has 0 aliphatic carbocycles. The summed E-state index contributed by atoms with van der Waals surface area (Å²) in [6, 6.07) is 38.4. The third-order valence-electron chi connectivity index (χ3n) is 11.0. The number of rotatable bonds is 8. The highest BCUT2D eigenvalue weighted by atomic mass is 16.5. The van der Waals surface area contributed by atoms with Crippen LogP contribution in [-0.2, 0) is 18.9 Å². The van der Waals surface area contributed by atoms with Crippen molar-refractivity contribution in [2.45, 2.75) is 0 Å². The minimum Gasteiger partial charge on any atom is -0.465 e. The van der Waals surface area contributed by atoms with Crippen LogP contribution >= 0.6 is 0 Å². The molecule has 0 saturated carbocycles. The van der Waals surface area contributed by atoms with E-state index in [1.165, 1.54) is 28.4 Å². The first-order chi connectivity index (χ1) is 31.2. The van der Waals surface area contributed by atoms with E-state index in [1.807, 2.05) is 103 Å². The van der Waals surface area contributed by atoms with Gasteiger partial charge in [0.1, 0.15) is 0 Å². The zero-order chi connectivity index (χ0) is 44.5. The number of ether oxygens (including phenoxy) is 4. The third-order valence-corrected chi connectivity index (χ3v) is 11.0. The number of carbonyl (C=O) groups is 4. The van der Waals surface area contributed by atoms with Crippen LogP contribution in [0.2, 0.25) is 0 Å². The van der Waals surface area contributed by atoms with E-state index in [9.17, 15) is 19.2 Å². The van der Waals surface area contributed by atoms with Crippen molar-refractivity contribution in [1.29, 1.82) is 0 Å². The molecule has 7 aromatic rings. The predicted molar refractivity (Wildman–Crippen MR) is 245 cm³/mol. The van der Waals surface area contributed by atoms with Crippen LogP contribution in [0.3, 0.4) is 0 Å². The number of aromatic nitrogens is 4. The van der Waals surface area contributed by atoms with Crippen molar-refractivity contribution >= 4 is 70.2 Å². The zero-order valence-electron chi connectivity index (χ0n) is 35.0. The number of methoxy groups -OCH3 is 4. The molecular formula is C52H38N4O8. The Hall–Kier alpha value is -8.64. The molecule has 0 unspecified atom stereocenters. The van der Waals surface area contributed by atoms with E-state index in [1.54, 1.807) is 48.5 Å². The van der Waals surface area contributed by atoms with Gasteiger partial charge < -0.3 is 28.5 Å². The molecule has 9 rings (SSSR count). The van der Waals surface area contributed by atoms with E-state index in [4.69, 9.17) is 28.9 Å². The molecule has 0 atom stereocenters. The lowest BCUT2D eigenvalue weighted by molar-refractivity contribution is 0.0592. The largest absolute Gasteiger partial charge is 0.465 e. The highest BCUT2D eigenvalue weighted by Crippen LogP contribution is 2.47. The van der Waals surface area contributed by atoms with Crippen molar-refractivity contribution in [2.75, 3.05) is 28.4 Å². The van der Waals surface area contributed by atoms with Crippen LogP contribution in [0.5, 0.6) is 0 Å². The highest BCUT2D eigenvalue weighted by molar-refractivity contribution is 6.11. The van der Waals surface area contributed by atoms with Gasteiger partial charge in [-0.25, -0.2) is 29.1 Å². The fourth-order valence-corrected chi connectivity index (χ4v) is 7.96. The summed E-state index contributed by atoms with van der Waals surface area (Å²) >= 11 is 0. The smallest absolute Gasteiger partial charge is 0.337 e. The molecule has 0 radical (unpaired) electrons. The second-order valence-electron chi connectivity index (χ2n) is 14.8. The van der Waals surface area contributed by atoms with Crippen LogP contribution < -0.4 is 0 Å². The molecule has 0 amide bonds. The van der Waals surface area contributed by atoms with Crippen LogP contribution in [-0.4, -0.2) is 71.8 Å². The monoisotopic (exact) mass is 846 g/mol. The average Bonchev–Trinajstić information content (AvgIpc) is 4.16. The molecule has 64 heavy (non-hydrogen) atoms. The van der Waals surface area contributed by atoms with Crippen molar-refractivity contribution in [3.05, 3.63) is 172 Å². The van der Waals surface area contributed by atoms with Gasteiger partial charge in [-0.05, 0) is 132 Å². The summed E-state index contributed by atoms with van der Waals surface area (Å²) in [4.78, 5) is 64.9. The lowest BCUT2D eigenvalue weighted by Gasteiger charge is -2.14. The van der Waals surface area contributed by atoms with Crippen LogP contribution in [0.15, 0.2) is 127 Å². The number of hydrogen-bond acceptors (Lipinski definition) is 10. The fraction of sp³-hybridized carbons (Fsp3) is 0.0769. The second kappa shape index (κ2) is 17.0. The number of nitrogens with zero attached hydrogens (tertiary/aromatic N) is 3. The van der Waals surface area contributed by atoms with E-state index in [-0.39, 0.29) is 0 Å². The Kier molecular flexibility index (Phi) is 10.8. The molecule has 0 saturated heterocycles. The molecular weight excluding hydrogens is 809 g/mol. The molecule has 5 heterocycles. The van der Waals surface area contributed by atoms with Crippen molar-refractivity contribution in [3.8, 4) is 39.1 Å². The maximum Gasteiger partial charge on any atom is 0.337 e. The maximum atomic E-state index is 12.8. The first-order valence-corrected chi connectivity index (χ1v) is 20.1. The molecule has 0 spiro atoms. The van der Waals surface area contributed by atoms with Gasteiger partial charge in [-0.2, -0.15) is 0 Å². The molecule has 1 N–H and O–H groups in total. The van der Waals surface area contributed by atoms with Crippen LogP contribution in [0, 0.1) is 0 Å². The molecule has 12 nitrogen and oxygen atoms in total. The summed E-state index contributed by atoms with van der Waals surface area (Å²) in [6.45, 7) is 0. The Balaban J connectivity index is 1.55. The quantitative estimate of drug-likeness (QED) is 0.116. The van der Waals surface area contributed by atoms with E-state index < -0.39 is 23.9 Å². The molecule has 2 aliphatic rings. The first kappa shape index (κ1) is 40.7. The highest BCUT2D eigenvalue weighted by Gasteiger charge is 2.27. The maximum absolute atomic E-state index is 12.8. The normalized spacial score (nSPS) is 11.6. The number of esters is 4. The molecule has 8 bridgehead atoms. The van der Waals surface area contributed by atoms with E-state index in [2.05, 4.69) is 9.55 Å². The Morgan fingerprint density at radius 3 is 1.30 bits per heavy atom. The van der Waals surface area contributed by atoms with Gasteiger partial charge in [0, 0.05) is 33.4 Å². The zero-order valence-corrected chi connectivity index (χ0v) is 35.0. The molecule has 3 aromatic heterocycles. The summed E-state index contributed by atoms with van der Waals surface area (Å²) in [5.41, 5.74) is 12.1. The SMILES string of the molecule is COC(=O)c1ccc(-c2c(-c3ccc(C(=O)OC)cc3)c3c(-c4ccc(C(=O)OC)cc4)c4nc(cc5ccc(cc6nc(cc2n3-c2ccc(C(=O)OC)cc2)C=C6)[nH]5)C=C4)cc1. The minimum atomic E-state index is -0.494. The summed E-state index contributed by atoms with van der Waals surface area (Å²) in [5, 5.41) is 0. The number of fused-ring (bicyclic) bond motifs is 8. The average molecular weight is 847 g/mol. The Bertz CT molecular complexity index is 3250. The van der Waals surface area contributed by atoms with Gasteiger partial charge in [0.05, 0.1) is 84.5 Å². The number of benzene rings is 4. The Morgan fingerprint density at radius 1 is 0.438 bits per heavy atom. The fourth-order valence-electron chi connectivity index (χ4n) is 7.96. The second-order valence-corrected chi connectivity index (χ2v) is 14.8. The molecule has 314 valence electrons. The summed E-state index contributed by atoms with van der Waals surface area (Å²) < 4.78 is 22.4. The van der Waals surface area contributed by atoms with Crippen molar-refractivity contribution in [3.63, 3.8) is 0 Å². The van der Waals surface area contributed by atoms with Gasteiger partial charge in [-0.1, -0.05) is 36.4 Å². The van der Waals surface area contributed by atoms with E-state index >= 15 is 0 Å². The van der Waals surface area contributed by atoms with Gasteiger partial charge in [0.15, 0.2) is 0 Å². The third kappa shape index (κ3) is 7.64. The summed E-state index contributed by atoms with van der Waals surface area (Å²) in [5.74, 6) is -1.96. The molecule has 0 fully saturated rings. The van der Waals surface area contributed by atoms with Gasteiger partial charge in [-0.15, -0.1) is 0 Å². The summed E-state index contributed by atoms with van der Waals surface area (Å²) in [7, 11) is 5.34. The Labute approximate surface area is 366 Å². The number of H-pyrrole nitrogens is 1. The van der Waals surface area contributed by atoms with E-state index in [0.29, 0.717) is 67.2 Å². The topological polar surface area (TPSA) is 152 Å². The van der Waals surface area contributed by atoms with E-state index in [0.717, 1.165) is 39.0 Å². The lowest BCUT2D eigenvalue weighted by atomic mass is 9.92. The van der Waals surface area contributed by atoms with Gasteiger partial charge >= 0.3 is 23.9 Å². The van der Waals surface area contributed by atoms with Gasteiger partial charge in [0.25, 0.3) is 0 Å². The standard InChI is InChI=1S/C52H38N4O8/c1-61-49(57)33-11-5-30(6-12-33)45-43-26-23-40(55-43)28-39-20-19-37(53-39)27-38-21-22-41(54-38)29-44-46(31-7-13-34(14-8-31)50(58)62-2)47(32-9-15-35(16-10-32)51(59)63-3)48(45)56(44)42-24-17-36(18-25-42)52(60)64-4/h5-29,53H,1-4H3. The minimum absolute atomic E-state index is 0.349. The van der Waals surface area contributed by atoms with Crippen molar-refractivity contribution < 1.29 is 38.1 Å². The number of nitrogens with one attached hydrogen (secondary N) is 1. The van der Waals surface area contributed by atoms with Gasteiger partial charge in [0.2, 0.25) is 0 Å². The van der Waals surface area contributed by atoms with Crippen molar-refractivity contribution in [1.82, 2.24) is 19.5 Å². The number of aromatic amines is 1.